The van der Waals surface area contributed by atoms with Crippen LogP contribution in [0.4, 0.5) is 0 Å². The fourth-order valence-electron chi connectivity index (χ4n) is 2.41. The largest absolute Gasteiger partial charge is 0.455 e. The maximum Gasteiger partial charge on any atom is 0.350 e. The van der Waals surface area contributed by atoms with Gasteiger partial charge < -0.3 is 9.26 Å². The Labute approximate surface area is 157 Å². The van der Waals surface area contributed by atoms with Gasteiger partial charge in [0.25, 0.3) is 0 Å². The Morgan fingerprint density at radius 2 is 2.04 bits per heavy atom. The van der Waals surface area contributed by atoms with Crippen LogP contribution < -0.4 is 0 Å². The molecule has 0 unspecified atom stereocenters. The van der Waals surface area contributed by atoms with Crippen molar-refractivity contribution in [3.05, 3.63) is 70.2 Å². The van der Waals surface area contributed by atoms with E-state index < -0.39 is 5.97 Å². The van der Waals surface area contributed by atoms with Gasteiger partial charge in [0, 0.05) is 11.6 Å². The summed E-state index contributed by atoms with van der Waals surface area (Å²) >= 11 is 2.90. The molecule has 5 nitrogen and oxygen atoms in total. The fraction of sp³-hybridized carbons (Fsp3) is 0.105. The second-order valence-corrected chi connectivity index (χ2v) is 7.48. The van der Waals surface area contributed by atoms with Crippen LogP contribution >= 0.6 is 22.7 Å². The highest BCUT2D eigenvalue weighted by molar-refractivity contribution is 7.17. The third-order valence-electron chi connectivity index (χ3n) is 3.68. The first kappa shape index (κ1) is 16.7. The van der Waals surface area contributed by atoms with Crippen molar-refractivity contribution >= 4 is 28.6 Å². The van der Waals surface area contributed by atoms with E-state index in [4.69, 9.17) is 9.26 Å². The molecule has 4 rings (SSSR count). The minimum absolute atomic E-state index is 0.0612. The first-order valence-corrected chi connectivity index (χ1v) is 9.60. The molecular formula is C19H14N2O3S2. The second-order valence-electron chi connectivity index (χ2n) is 5.54. The molecular weight excluding hydrogens is 368 g/mol. The van der Waals surface area contributed by atoms with E-state index in [9.17, 15) is 4.79 Å². The molecule has 0 N–H and O–H groups in total. The van der Waals surface area contributed by atoms with Gasteiger partial charge in [-0.2, -0.15) is 0 Å². The third-order valence-corrected chi connectivity index (χ3v) is 5.75. The molecule has 0 aliphatic carbocycles. The summed E-state index contributed by atoms with van der Waals surface area (Å²) in [6, 6.07) is 15.4. The van der Waals surface area contributed by atoms with Crippen LogP contribution in [0.1, 0.15) is 21.1 Å². The van der Waals surface area contributed by atoms with E-state index in [-0.39, 0.29) is 6.61 Å². The Morgan fingerprint density at radius 1 is 1.19 bits per heavy atom. The van der Waals surface area contributed by atoms with E-state index in [0.717, 1.165) is 15.4 Å². The first-order chi connectivity index (χ1) is 12.7. The van der Waals surface area contributed by atoms with E-state index in [2.05, 4.69) is 10.1 Å². The molecule has 0 radical (unpaired) electrons. The van der Waals surface area contributed by atoms with Gasteiger partial charge in [-0.25, -0.2) is 9.78 Å². The average molecular weight is 382 g/mol. The van der Waals surface area contributed by atoms with Gasteiger partial charge in [0.1, 0.15) is 22.2 Å². The van der Waals surface area contributed by atoms with Crippen molar-refractivity contribution in [2.45, 2.75) is 13.5 Å². The van der Waals surface area contributed by atoms with E-state index in [1.165, 1.54) is 11.3 Å². The van der Waals surface area contributed by atoms with Crippen molar-refractivity contribution in [1.29, 1.82) is 0 Å². The molecule has 0 spiro atoms. The molecule has 0 atom stereocenters. The van der Waals surface area contributed by atoms with Gasteiger partial charge in [-0.3, -0.25) is 0 Å². The second kappa shape index (κ2) is 7.23. The normalized spacial score (nSPS) is 10.8. The van der Waals surface area contributed by atoms with Crippen molar-refractivity contribution in [3.8, 4) is 21.2 Å². The van der Waals surface area contributed by atoms with Gasteiger partial charge in [0.15, 0.2) is 5.76 Å². The molecule has 0 aliphatic heterocycles. The van der Waals surface area contributed by atoms with Crippen molar-refractivity contribution in [3.63, 3.8) is 0 Å². The lowest BCUT2D eigenvalue weighted by molar-refractivity contribution is 0.0469. The molecule has 130 valence electrons. The van der Waals surface area contributed by atoms with Crippen LogP contribution in [-0.4, -0.2) is 16.1 Å². The molecule has 0 aliphatic rings. The summed E-state index contributed by atoms with van der Waals surface area (Å²) in [6.45, 7) is 1.87. The Morgan fingerprint density at radius 3 is 2.81 bits per heavy atom. The highest BCUT2D eigenvalue weighted by atomic mass is 32.1. The van der Waals surface area contributed by atoms with Crippen molar-refractivity contribution in [2.24, 2.45) is 0 Å². The van der Waals surface area contributed by atoms with Crippen molar-refractivity contribution in [1.82, 2.24) is 10.1 Å². The topological polar surface area (TPSA) is 65.2 Å². The number of hydrogen-bond acceptors (Lipinski definition) is 7. The zero-order valence-electron chi connectivity index (χ0n) is 13.8. The predicted octanol–water partition coefficient (Wildman–Crippen LogP) is 5.19. The van der Waals surface area contributed by atoms with Crippen LogP contribution in [-0.2, 0) is 11.3 Å². The number of rotatable bonds is 5. The molecule has 0 amide bonds. The molecule has 0 fully saturated rings. The highest BCUT2D eigenvalue weighted by Crippen LogP contribution is 2.29. The van der Waals surface area contributed by atoms with Crippen LogP contribution in [0.15, 0.2) is 58.4 Å². The zero-order valence-corrected chi connectivity index (χ0v) is 15.5. The number of thiazole rings is 1. The number of nitrogens with zero attached hydrogens (tertiary/aromatic N) is 2. The molecule has 3 heterocycles. The van der Waals surface area contributed by atoms with Crippen molar-refractivity contribution in [2.75, 3.05) is 0 Å². The first-order valence-electron chi connectivity index (χ1n) is 7.90. The standard InChI is InChI=1S/C19H14N2O3S2/c1-12-17(26-18(20-12)13-6-3-2-4-7-13)19(22)23-11-14-10-15(24-21-14)16-8-5-9-25-16/h2-10H,11H2,1H3. The Balaban J connectivity index is 1.45. The summed E-state index contributed by atoms with van der Waals surface area (Å²) in [5.74, 6) is 0.272. The fourth-order valence-corrected chi connectivity index (χ4v) is 4.05. The molecule has 4 aromatic rings. The number of aryl methyl sites for hydroxylation is 1. The van der Waals surface area contributed by atoms with E-state index in [0.29, 0.717) is 22.0 Å². The zero-order chi connectivity index (χ0) is 17.9. The molecule has 7 heteroatoms. The summed E-state index contributed by atoms with van der Waals surface area (Å²) in [5, 5.41) is 6.72. The average Bonchev–Trinajstić information content (AvgIpc) is 3.40. The molecule has 0 saturated carbocycles. The predicted molar refractivity (Wildman–Crippen MR) is 101 cm³/mol. The van der Waals surface area contributed by atoms with E-state index in [1.54, 1.807) is 17.4 Å². The highest BCUT2D eigenvalue weighted by Gasteiger charge is 2.18. The van der Waals surface area contributed by atoms with Crippen LogP contribution in [0, 0.1) is 6.92 Å². The Kier molecular flexibility index (Phi) is 4.64. The number of hydrogen-bond donors (Lipinski definition) is 0. The molecule has 3 aromatic heterocycles. The number of thiophene rings is 1. The smallest absolute Gasteiger partial charge is 0.350 e. The quantitative estimate of drug-likeness (QED) is 0.444. The molecule has 0 bridgehead atoms. The van der Waals surface area contributed by atoms with Gasteiger partial charge in [-0.1, -0.05) is 41.6 Å². The van der Waals surface area contributed by atoms with Gasteiger partial charge in [0.05, 0.1) is 10.6 Å². The number of carbonyl (C=O) groups is 1. The van der Waals surface area contributed by atoms with Crippen LogP contribution in [0.5, 0.6) is 0 Å². The molecule has 0 saturated heterocycles. The van der Waals surface area contributed by atoms with Crippen molar-refractivity contribution < 1.29 is 14.1 Å². The summed E-state index contributed by atoms with van der Waals surface area (Å²) < 4.78 is 10.7. The summed E-state index contributed by atoms with van der Waals surface area (Å²) in [6.07, 6.45) is 0. The maximum atomic E-state index is 12.4. The van der Waals surface area contributed by atoms with Crippen LogP contribution in [0.25, 0.3) is 21.2 Å². The summed E-state index contributed by atoms with van der Waals surface area (Å²) in [7, 11) is 0. The lowest BCUT2D eigenvalue weighted by atomic mass is 10.2. The number of aromatic nitrogens is 2. The van der Waals surface area contributed by atoms with Crippen LogP contribution in [0.3, 0.4) is 0 Å². The third kappa shape index (κ3) is 3.44. The maximum absolute atomic E-state index is 12.4. The number of ether oxygens (including phenoxy) is 1. The summed E-state index contributed by atoms with van der Waals surface area (Å²) in [5.41, 5.74) is 2.22. The number of benzene rings is 1. The Hall–Kier alpha value is -2.77. The minimum atomic E-state index is -0.400. The minimum Gasteiger partial charge on any atom is -0.455 e. The number of esters is 1. The monoisotopic (exact) mass is 382 g/mol. The van der Waals surface area contributed by atoms with E-state index in [1.807, 2.05) is 54.8 Å². The van der Waals surface area contributed by atoms with E-state index >= 15 is 0 Å². The Bertz CT molecular complexity index is 1020. The van der Waals surface area contributed by atoms with Crippen LogP contribution in [0.2, 0.25) is 0 Å². The molecule has 26 heavy (non-hydrogen) atoms. The lowest BCUT2D eigenvalue weighted by Crippen LogP contribution is -2.05. The lowest BCUT2D eigenvalue weighted by Gasteiger charge is -2.00. The van der Waals surface area contributed by atoms with Gasteiger partial charge >= 0.3 is 5.97 Å². The van der Waals surface area contributed by atoms with Gasteiger partial charge in [-0.15, -0.1) is 22.7 Å². The van der Waals surface area contributed by atoms with Gasteiger partial charge in [0.2, 0.25) is 0 Å². The molecule has 1 aromatic carbocycles. The van der Waals surface area contributed by atoms with Gasteiger partial charge in [-0.05, 0) is 18.4 Å². The SMILES string of the molecule is Cc1nc(-c2ccccc2)sc1C(=O)OCc1cc(-c2cccs2)on1. The summed E-state index contributed by atoms with van der Waals surface area (Å²) in [4.78, 5) is 18.4. The number of carbonyl (C=O) groups excluding carboxylic acids is 1.